The lowest BCUT2D eigenvalue weighted by atomic mass is 10.1. The van der Waals surface area contributed by atoms with E-state index in [0.717, 1.165) is 31.5 Å². The summed E-state index contributed by atoms with van der Waals surface area (Å²) in [6.45, 7) is 1.47. The van der Waals surface area contributed by atoms with Gasteiger partial charge in [0, 0.05) is 24.7 Å². The van der Waals surface area contributed by atoms with Crippen LogP contribution in [0.1, 0.15) is 40.7 Å². The first-order valence-electron chi connectivity index (χ1n) is 12.8. The number of hydrogen-bond donors (Lipinski definition) is 1. The summed E-state index contributed by atoms with van der Waals surface area (Å²) in [5, 5.41) is 14.9. The van der Waals surface area contributed by atoms with E-state index in [-0.39, 0.29) is 24.0 Å². The fourth-order valence-electron chi connectivity index (χ4n) is 4.15. The number of likely N-dealkylation sites (tertiary alicyclic amines) is 1. The number of amides is 2. The van der Waals surface area contributed by atoms with Crippen LogP contribution in [0.25, 0.3) is 0 Å². The summed E-state index contributed by atoms with van der Waals surface area (Å²) in [5.74, 6) is 0.482. The van der Waals surface area contributed by atoms with Gasteiger partial charge in [-0.3, -0.25) is 19.7 Å². The minimum Gasteiger partial charge on any atom is -0.493 e. The monoisotopic (exact) mass is 546 g/mol. The van der Waals surface area contributed by atoms with Gasteiger partial charge in [-0.1, -0.05) is 24.3 Å². The number of nitrogens with zero attached hydrogens (tertiary/aromatic N) is 3. The first kappa shape index (κ1) is 28.1. The van der Waals surface area contributed by atoms with Gasteiger partial charge in [-0.15, -0.1) is 0 Å². The van der Waals surface area contributed by atoms with Crippen LogP contribution in [-0.4, -0.2) is 54.7 Å². The summed E-state index contributed by atoms with van der Waals surface area (Å²) in [7, 11) is 1.52. The normalized spacial score (nSPS) is 13.1. The number of ether oxygens (including phenoxy) is 3. The van der Waals surface area contributed by atoms with Crippen LogP contribution in [0, 0.1) is 10.1 Å². The summed E-state index contributed by atoms with van der Waals surface area (Å²) in [6.07, 6.45) is 4.70. The zero-order valence-corrected chi connectivity index (χ0v) is 22.1. The van der Waals surface area contributed by atoms with Crippen molar-refractivity contribution >= 4 is 23.7 Å². The second-order valence-electron chi connectivity index (χ2n) is 9.06. The molecule has 11 heteroatoms. The van der Waals surface area contributed by atoms with Crippen molar-refractivity contribution in [2.45, 2.75) is 25.9 Å². The van der Waals surface area contributed by atoms with Gasteiger partial charge in [0.1, 0.15) is 6.61 Å². The molecule has 0 aliphatic carbocycles. The van der Waals surface area contributed by atoms with Crippen molar-refractivity contribution in [2.24, 2.45) is 5.10 Å². The van der Waals surface area contributed by atoms with Gasteiger partial charge in [0.2, 0.25) is 0 Å². The number of para-hydroxylation sites is 2. The average Bonchev–Trinajstić information content (AvgIpc) is 2.99. The molecule has 1 aliphatic heterocycles. The minimum atomic E-state index is -0.582. The Morgan fingerprint density at radius 2 is 1.73 bits per heavy atom. The summed E-state index contributed by atoms with van der Waals surface area (Å²) >= 11 is 0. The molecule has 208 valence electrons. The Kier molecular flexibility index (Phi) is 9.65. The highest BCUT2D eigenvalue weighted by Crippen LogP contribution is 2.29. The van der Waals surface area contributed by atoms with Crippen LogP contribution in [0.15, 0.2) is 71.8 Å². The number of nitro benzene ring substituents is 1. The number of piperidine rings is 1. The van der Waals surface area contributed by atoms with Crippen molar-refractivity contribution in [1.29, 1.82) is 0 Å². The molecule has 1 aliphatic rings. The Morgan fingerprint density at radius 3 is 2.45 bits per heavy atom. The zero-order chi connectivity index (χ0) is 28.3. The van der Waals surface area contributed by atoms with Crippen molar-refractivity contribution in [2.75, 3.05) is 26.8 Å². The van der Waals surface area contributed by atoms with E-state index in [4.69, 9.17) is 14.2 Å². The van der Waals surface area contributed by atoms with Gasteiger partial charge in [0.05, 0.1) is 18.2 Å². The lowest BCUT2D eigenvalue weighted by molar-refractivity contribution is -0.385. The minimum absolute atomic E-state index is 0.00571. The lowest BCUT2D eigenvalue weighted by Gasteiger charge is -2.26. The van der Waals surface area contributed by atoms with Gasteiger partial charge in [0.25, 0.3) is 11.8 Å². The van der Waals surface area contributed by atoms with Crippen molar-refractivity contribution in [3.8, 4) is 17.2 Å². The zero-order valence-electron chi connectivity index (χ0n) is 22.1. The molecule has 11 nitrogen and oxygen atoms in total. The van der Waals surface area contributed by atoms with Crippen molar-refractivity contribution in [3.63, 3.8) is 0 Å². The van der Waals surface area contributed by atoms with E-state index in [1.807, 2.05) is 29.2 Å². The maximum Gasteiger partial charge on any atom is 0.310 e. The van der Waals surface area contributed by atoms with Crippen LogP contribution in [0.5, 0.6) is 17.2 Å². The van der Waals surface area contributed by atoms with Gasteiger partial charge in [-0.05, 0) is 66.8 Å². The number of carbonyl (C=O) groups excluding carboxylic acids is 2. The average molecular weight is 547 g/mol. The van der Waals surface area contributed by atoms with E-state index in [0.29, 0.717) is 22.6 Å². The summed E-state index contributed by atoms with van der Waals surface area (Å²) in [5.41, 5.74) is 4.32. The molecule has 0 bridgehead atoms. The molecule has 0 saturated carbocycles. The molecule has 0 radical (unpaired) electrons. The van der Waals surface area contributed by atoms with Crippen LogP contribution in [0.3, 0.4) is 0 Å². The topological polar surface area (TPSA) is 133 Å². The smallest absolute Gasteiger partial charge is 0.310 e. The van der Waals surface area contributed by atoms with E-state index in [1.54, 1.807) is 24.3 Å². The summed E-state index contributed by atoms with van der Waals surface area (Å²) in [4.78, 5) is 37.1. The van der Waals surface area contributed by atoms with Crippen molar-refractivity contribution in [1.82, 2.24) is 10.3 Å². The Hall–Kier alpha value is -4.93. The van der Waals surface area contributed by atoms with Crippen LogP contribution in [0.2, 0.25) is 0 Å². The molecule has 1 N–H and O–H groups in total. The number of benzene rings is 3. The molecule has 0 spiro atoms. The van der Waals surface area contributed by atoms with Gasteiger partial charge in [-0.2, -0.15) is 5.10 Å². The molecule has 3 aromatic carbocycles. The Balaban J connectivity index is 1.27. The van der Waals surface area contributed by atoms with Gasteiger partial charge in [0.15, 0.2) is 23.9 Å². The number of nitrogens with one attached hydrogen (secondary N) is 1. The molecule has 1 heterocycles. The second-order valence-corrected chi connectivity index (χ2v) is 9.06. The van der Waals surface area contributed by atoms with Gasteiger partial charge in [-0.25, -0.2) is 5.43 Å². The van der Waals surface area contributed by atoms with Crippen LogP contribution >= 0.6 is 0 Å². The molecule has 4 rings (SSSR count). The molecule has 40 heavy (non-hydrogen) atoms. The van der Waals surface area contributed by atoms with Gasteiger partial charge >= 0.3 is 5.69 Å². The van der Waals surface area contributed by atoms with E-state index < -0.39 is 17.4 Å². The molecule has 2 amide bonds. The molecule has 3 aromatic rings. The highest BCUT2D eigenvalue weighted by Gasteiger charge is 2.18. The first-order valence-corrected chi connectivity index (χ1v) is 12.8. The van der Waals surface area contributed by atoms with Crippen LogP contribution in [0.4, 0.5) is 5.69 Å². The number of rotatable bonds is 11. The van der Waals surface area contributed by atoms with Crippen LogP contribution < -0.4 is 19.6 Å². The van der Waals surface area contributed by atoms with Crippen molar-refractivity contribution < 1.29 is 28.7 Å². The lowest BCUT2D eigenvalue weighted by Crippen LogP contribution is -2.35. The highest BCUT2D eigenvalue weighted by atomic mass is 16.6. The molecule has 0 atom stereocenters. The molecular formula is C29H30N4O7. The van der Waals surface area contributed by atoms with E-state index in [1.165, 1.54) is 37.9 Å². The molecule has 1 saturated heterocycles. The molecular weight excluding hydrogens is 516 g/mol. The summed E-state index contributed by atoms with van der Waals surface area (Å²) < 4.78 is 16.6. The number of hydrazone groups is 1. The molecule has 1 fully saturated rings. The molecule has 0 aromatic heterocycles. The van der Waals surface area contributed by atoms with Crippen LogP contribution in [-0.2, 0) is 11.4 Å². The Bertz CT molecular complexity index is 1370. The van der Waals surface area contributed by atoms with E-state index in [9.17, 15) is 19.7 Å². The number of carbonyl (C=O) groups is 2. The number of hydrogen-bond acceptors (Lipinski definition) is 8. The maximum atomic E-state index is 12.7. The molecule has 0 unspecified atom stereocenters. The summed E-state index contributed by atoms with van der Waals surface area (Å²) in [6, 6.07) is 18.4. The maximum absolute atomic E-state index is 12.7. The third-order valence-electron chi connectivity index (χ3n) is 6.25. The Labute approximate surface area is 231 Å². The number of nitro groups is 1. The predicted molar refractivity (Wildman–Crippen MR) is 148 cm³/mol. The fourth-order valence-corrected chi connectivity index (χ4v) is 4.15. The third kappa shape index (κ3) is 7.56. The van der Waals surface area contributed by atoms with E-state index >= 15 is 0 Å². The largest absolute Gasteiger partial charge is 0.493 e. The SMILES string of the molecule is COc1cc(/C=N/NC(=O)COc2ccccc2[N+](=O)[O-])ccc1OCc1ccc(C(=O)N2CCCCC2)cc1. The van der Waals surface area contributed by atoms with Gasteiger partial charge < -0.3 is 19.1 Å². The Morgan fingerprint density at radius 1 is 0.975 bits per heavy atom. The fraction of sp³-hybridized carbons (Fsp3) is 0.276. The van der Waals surface area contributed by atoms with Crippen molar-refractivity contribution in [3.05, 3.63) is 93.5 Å². The number of methoxy groups -OCH3 is 1. The second kappa shape index (κ2) is 13.7. The quantitative estimate of drug-likeness (QED) is 0.215. The first-order chi connectivity index (χ1) is 19.4. The standard InChI is InChI=1S/C29H30N4O7/c1-38-27-17-22(18-30-31-28(34)20-40-25-8-4-3-7-24(25)33(36)37)11-14-26(27)39-19-21-9-12-23(13-10-21)29(35)32-15-5-2-6-16-32/h3-4,7-14,17-18H,2,5-6,15-16,19-20H2,1H3,(H,31,34)/b30-18+. The highest BCUT2D eigenvalue weighted by molar-refractivity contribution is 5.94. The third-order valence-corrected chi connectivity index (χ3v) is 6.25. The van der Waals surface area contributed by atoms with E-state index in [2.05, 4.69) is 10.5 Å². The predicted octanol–water partition coefficient (Wildman–Crippen LogP) is 4.34.